The van der Waals surface area contributed by atoms with Gasteiger partial charge in [0.15, 0.2) is 0 Å². The Bertz CT molecular complexity index is 1320. The van der Waals surface area contributed by atoms with Crippen molar-refractivity contribution >= 4 is 39.1 Å². The summed E-state index contributed by atoms with van der Waals surface area (Å²) in [5, 5.41) is 7.14. The number of pyridine rings is 1. The van der Waals surface area contributed by atoms with Gasteiger partial charge in [0.2, 0.25) is 11.7 Å². The maximum Gasteiger partial charge on any atom is 0.259 e. The van der Waals surface area contributed by atoms with E-state index in [0.717, 1.165) is 15.6 Å². The number of carbonyl (C=O) groups is 1. The number of nitrogens with zero attached hydrogens (tertiary/aromatic N) is 3. The number of anilines is 1. The molecule has 0 saturated carbocycles. The van der Waals surface area contributed by atoms with E-state index in [1.54, 1.807) is 18.2 Å². The molecule has 0 unspecified atom stereocenters. The Morgan fingerprint density at radius 3 is 2.61 bits per heavy atom. The molecule has 0 saturated heterocycles. The van der Waals surface area contributed by atoms with Crippen molar-refractivity contribution < 1.29 is 9.32 Å². The first-order valence-corrected chi connectivity index (χ1v) is 10.4. The summed E-state index contributed by atoms with van der Waals surface area (Å²) in [5.74, 6) is 0.284. The Balaban J connectivity index is 1.54. The summed E-state index contributed by atoms with van der Waals surface area (Å²) >= 11 is 9.55. The van der Waals surface area contributed by atoms with E-state index < -0.39 is 0 Å². The average molecular weight is 500 g/mol. The van der Waals surface area contributed by atoms with Gasteiger partial charge in [0, 0.05) is 22.3 Å². The lowest BCUT2D eigenvalue weighted by Gasteiger charge is -2.10. The molecule has 9 heteroatoms. The molecule has 0 bridgehead atoms. The topological polar surface area (TPSA) is 90.0 Å². The first-order valence-electron chi connectivity index (χ1n) is 9.25. The van der Waals surface area contributed by atoms with Crippen molar-refractivity contribution in [3.8, 4) is 22.8 Å². The highest BCUT2D eigenvalue weighted by Crippen LogP contribution is 2.24. The van der Waals surface area contributed by atoms with Crippen molar-refractivity contribution in [2.75, 3.05) is 5.32 Å². The number of benzene rings is 2. The van der Waals surface area contributed by atoms with Gasteiger partial charge in [-0.05, 0) is 55.0 Å². The van der Waals surface area contributed by atoms with Crippen LogP contribution in [0.15, 0.2) is 74.6 Å². The summed E-state index contributed by atoms with van der Waals surface area (Å²) in [6.07, 6.45) is 1.51. The zero-order valence-corrected chi connectivity index (χ0v) is 18.6. The molecule has 4 rings (SSSR count). The monoisotopic (exact) mass is 498 g/mol. The molecule has 1 amide bonds. The maximum atomic E-state index is 12.5. The number of amides is 1. The van der Waals surface area contributed by atoms with Crippen molar-refractivity contribution in [1.29, 1.82) is 0 Å². The number of aryl methyl sites for hydroxylation is 1. The summed E-state index contributed by atoms with van der Waals surface area (Å²) in [4.78, 5) is 29.1. The largest absolute Gasteiger partial charge is 0.334 e. The van der Waals surface area contributed by atoms with Gasteiger partial charge in [0.05, 0.1) is 16.3 Å². The van der Waals surface area contributed by atoms with E-state index in [-0.39, 0.29) is 23.9 Å². The molecule has 0 aliphatic carbocycles. The van der Waals surface area contributed by atoms with Crippen LogP contribution in [-0.4, -0.2) is 20.6 Å². The van der Waals surface area contributed by atoms with Gasteiger partial charge in [-0.1, -0.05) is 38.8 Å². The zero-order chi connectivity index (χ0) is 22.0. The Hall–Kier alpha value is -3.23. The summed E-state index contributed by atoms with van der Waals surface area (Å²) in [7, 11) is 0. The number of aromatic nitrogens is 3. The number of rotatable bonds is 5. The third-order valence-electron chi connectivity index (χ3n) is 4.47. The predicted molar refractivity (Wildman–Crippen MR) is 122 cm³/mol. The van der Waals surface area contributed by atoms with Crippen molar-refractivity contribution in [1.82, 2.24) is 14.7 Å². The van der Waals surface area contributed by atoms with Gasteiger partial charge < -0.3 is 14.4 Å². The molecule has 2 heterocycles. The Labute approximate surface area is 190 Å². The van der Waals surface area contributed by atoms with Crippen LogP contribution in [0, 0.1) is 6.92 Å². The standard InChI is InChI=1S/C22H16BrClN4O3/c1-13-2-8-18(17(24)10-13)25-19(29)12-28-11-15(5-9-20(28)30)22-26-21(27-31-22)14-3-6-16(23)7-4-14/h2-11H,12H2,1H3,(H,25,29). The van der Waals surface area contributed by atoms with E-state index in [0.29, 0.717) is 22.1 Å². The molecule has 156 valence electrons. The highest BCUT2D eigenvalue weighted by molar-refractivity contribution is 9.10. The highest BCUT2D eigenvalue weighted by atomic mass is 79.9. The lowest BCUT2D eigenvalue weighted by Crippen LogP contribution is -2.27. The minimum atomic E-state index is -0.383. The van der Waals surface area contributed by atoms with Crippen LogP contribution in [0.2, 0.25) is 5.02 Å². The minimum absolute atomic E-state index is 0.190. The van der Waals surface area contributed by atoms with Crippen LogP contribution in [0.25, 0.3) is 22.8 Å². The zero-order valence-electron chi connectivity index (χ0n) is 16.3. The molecule has 4 aromatic rings. The summed E-state index contributed by atoms with van der Waals surface area (Å²) in [5.41, 5.74) is 2.45. The maximum absolute atomic E-state index is 12.5. The minimum Gasteiger partial charge on any atom is -0.334 e. The SMILES string of the molecule is Cc1ccc(NC(=O)Cn2cc(-c3nc(-c4ccc(Br)cc4)no3)ccc2=O)c(Cl)c1. The molecule has 0 aliphatic rings. The number of nitrogens with one attached hydrogen (secondary N) is 1. The Morgan fingerprint density at radius 1 is 1.13 bits per heavy atom. The average Bonchev–Trinajstić information content (AvgIpc) is 3.22. The molecule has 31 heavy (non-hydrogen) atoms. The van der Waals surface area contributed by atoms with Gasteiger partial charge >= 0.3 is 0 Å². The molecule has 0 spiro atoms. The van der Waals surface area contributed by atoms with Gasteiger partial charge in [0.25, 0.3) is 11.4 Å². The van der Waals surface area contributed by atoms with Crippen LogP contribution in [-0.2, 0) is 11.3 Å². The van der Waals surface area contributed by atoms with Crippen molar-refractivity contribution in [3.63, 3.8) is 0 Å². The first kappa shape index (κ1) is 21.0. The highest BCUT2D eigenvalue weighted by Gasteiger charge is 2.13. The number of carbonyl (C=O) groups excluding carboxylic acids is 1. The van der Waals surface area contributed by atoms with Gasteiger partial charge in [-0.15, -0.1) is 0 Å². The molecule has 7 nitrogen and oxygen atoms in total. The van der Waals surface area contributed by atoms with Crippen LogP contribution >= 0.6 is 27.5 Å². The summed E-state index contributed by atoms with van der Waals surface area (Å²) in [6.45, 7) is 1.72. The second-order valence-electron chi connectivity index (χ2n) is 6.85. The van der Waals surface area contributed by atoms with Gasteiger partial charge in [-0.3, -0.25) is 9.59 Å². The van der Waals surface area contributed by atoms with Crippen LogP contribution in [0.4, 0.5) is 5.69 Å². The smallest absolute Gasteiger partial charge is 0.259 e. The lowest BCUT2D eigenvalue weighted by atomic mass is 10.2. The van der Waals surface area contributed by atoms with Crippen LogP contribution in [0.1, 0.15) is 5.56 Å². The van der Waals surface area contributed by atoms with E-state index in [4.69, 9.17) is 16.1 Å². The normalized spacial score (nSPS) is 10.8. The Morgan fingerprint density at radius 2 is 1.87 bits per heavy atom. The van der Waals surface area contributed by atoms with E-state index in [1.807, 2.05) is 37.3 Å². The molecule has 2 aromatic heterocycles. The quantitative estimate of drug-likeness (QED) is 0.421. The number of hydrogen-bond acceptors (Lipinski definition) is 5. The number of halogens is 2. The third-order valence-corrected chi connectivity index (χ3v) is 5.31. The molecule has 0 aliphatic heterocycles. The van der Waals surface area contributed by atoms with Gasteiger partial charge in [-0.25, -0.2) is 0 Å². The fraction of sp³-hybridized carbons (Fsp3) is 0.0909. The fourth-order valence-corrected chi connectivity index (χ4v) is 3.45. The summed E-state index contributed by atoms with van der Waals surface area (Å²) < 4.78 is 7.57. The van der Waals surface area contributed by atoms with Crippen LogP contribution in [0.5, 0.6) is 0 Å². The molecule has 1 N–H and O–H groups in total. The first-order chi connectivity index (χ1) is 14.9. The van der Waals surface area contributed by atoms with Crippen LogP contribution < -0.4 is 10.9 Å². The van der Waals surface area contributed by atoms with E-state index in [1.165, 1.54) is 16.8 Å². The molecule has 0 radical (unpaired) electrons. The predicted octanol–water partition coefficient (Wildman–Crippen LogP) is 4.93. The Kier molecular flexibility index (Phi) is 6.01. The van der Waals surface area contributed by atoms with Crippen LogP contribution in [0.3, 0.4) is 0 Å². The van der Waals surface area contributed by atoms with Gasteiger partial charge in [0.1, 0.15) is 6.54 Å². The molecule has 2 aromatic carbocycles. The number of hydrogen-bond donors (Lipinski definition) is 1. The second-order valence-corrected chi connectivity index (χ2v) is 8.17. The lowest BCUT2D eigenvalue weighted by molar-refractivity contribution is -0.116. The molecular formula is C22H16BrClN4O3. The third kappa shape index (κ3) is 4.92. The van der Waals surface area contributed by atoms with E-state index >= 15 is 0 Å². The molecule has 0 atom stereocenters. The van der Waals surface area contributed by atoms with Crippen molar-refractivity contribution in [2.45, 2.75) is 13.5 Å². The van der Waals surface area contributed by atoms with Crippen molar-refractivity contribution in [3.05, 3.63) is 86.2 Å². The molecular weight excluding hydrogens is 484 g/mol. The summed E-state index contributed by atoms with van der Waals surface area (Å²) in [6, 6.07) is 15.7. The van der Waals surface area contributed by atoms with Gasteiger partial charge in [-0.2, -0.15) is 4.98 Å². The van der Waals surface area contributed by atoms with Crippen molar-refractivity contribution in [2.24, 2.45) is 0 Å². The molecule has 0 fully saturated rings. The van der Waals surface area contributed by atoms with E-state index in [2.05, 4.69) is 31.4 Å². The van der Waals surface area contributed by atoms with E-state index in [9.17, 15) is 9.59 Å². The fourth-order valence-electron chi connectivity index (χ4n) is 2.90. The second kappa shape index (κ2) is 8.87.